The van der Waals surface area contributed by atoms with Crippen LogP contribution >= 0.6 is 11.6 Å². The van der Waals surface area contributed by atoms with Crippen LogP contribution in [0.4, 0.5) is 0 Å². The van der Waals surface area contributed by atoms with E-state index in [-0.39, 0.29) is 6.10 Å². The SMILES string of the molecule is CCn1ncc(Cl)c1C(O)C1Cc2ccccc2O1. The van der Waals surface area contributed by atoms with Gasteiger partial charge in [0.1, 0.15) is 18.0 Å². The third kappa shape index (κ3) is 2.11. The molecule has 1 aromatic heterocycles. The van der Waals surface area contributed by atoms with Crippen molar-refractivity contribution in [3.05, 3.63) is 46.7 Å². The first-order valence-corrected chi connectivity index (χ1v) is 6.72. The molecule has 5 heteroatoms. The Kier molecular flexibility index (Phi) is 3.21. The van der Waals surface area contributed by atoms with Crippen LogP contribution in [0, 0.1) is 0 Å². The largest absolute Gasteiger partial charge is 0.487 e. The van der Waals surface area contributed by atoms with Crippen molar-refractivity contribution >= 4 is 11.6 Å². The van der Waals surface area contributed by atoms with Crippen molar-refractivity contribution in [1.29, 1.82) is 0 Å². The Morgan fingerprint density at radius 3 is 3.05 bits per heavy atom. The number of para-hydroxylation sites is 1. The van der Waals surface area contributed by atoms with Crippen LogP contribution in [0.2, 0.25) is 5.02 Å². The number of nitrogens with zero attached hydrogens (tertiary/aromatic N) is 2. The Labute approximate surface area is 116 Å². The van der Waals surface area contributed by atoms with Gasteiger partial charge in [-0.15, -0.1) is 0 Å². The minimum atomic E-state index is -0.776. The van der Waals surface area contributed by atoms with Crippen molar-refractivity contribution in [3.63, 3.8) is 0 Å². The van der Waals surface area contributed by atoms with Gasteiger partial charge in [0, 0.05) is 13.0 Å². The maximum absolute atomic E-state index is 10.5. The number of rotatable bonds is 3. The molecule has 1 aliphatic rings. The molecule has 2 atom stereocenters. The molecule has 2 heterocycles. The molecule has 2 aromatic rings. The van der Waals surface area contributed by atoms with Gasteiger partial charge in [-0.1, -0.05) is 29.8 Å². The molecule has 0 fully saturated rings. The first kappa shape index (κ1) is 12.5. The molecule has 1 aliphatic heterocycles. The second kappa shape index (κ2) is 4.87. The van der Waals surface area contributed by atoms with Crippen LogP contribution in [0.1, 0.15) is 24.3 Å². The molecule has 1 aromatic carbocycles. The van der Waals surface area contributed by atoms with Crippen molar-refractivity contribution in [1.82, 2.24) is 9.78 Å². The van der Waals surface area contributed by atoms with Crippen LogP contribution < -0.4 is 4.74 Å². The number of aliphatic hydroxyl groups excluding tert-OH is 1. The van der Waals surface area contributed by atoms with E-state index in [1.807, 2.05) is 31.2 Å². The smallest absolute Gasteiger partial charge is 0.134 e. The van der Waals surface area contributed by atoms with Gasteiger partial charge in [-0.2, -0.15) is 5.10 Å². The number of halogens is 1. The van der Waals surface area contributed by atoms with Crippen molar-refractivity contribution in [2.75, 3.05) is 0 Å². The lowest BCUT2D eigenvalue weighted by atomic mass is 10.0. The molecule has 19 heavy (non-hydrogen) atoms. The predicted molar refractivity (Wildman–Crippen MR) is 72.4 cm³/mol. The molecule has 0 bridgehead atoms. The summed E-state index contributed by atoms with van der Waals surface area (Å²) in [6.07, 6.45) is 1.16. The lowest BCUT2D eigenvalue weighted by Gasteiger charge is -2.19. The van der Waals surface area contributed by atoms with Gasteiger partial charge in [-0.05, 0) is 18.6 Å². The number of fused-ring (bicyclic) bond motifs is 1. The van der Waals surface area contributed by atoms with Crippen molar-refractivity contribution in [2.24, 2.45) is 0 Å². The fraction of sp³-hybridized carbons (Fsp3) is 0.357. The first-order chi connectivity index (χ1) is 9.20. The van der Waals surface area contributed by atoms with E-state index < -0.39 is 6.10 Å². The second-order valence-electron chi connectivity index (χ2n) is 4.61. The van der Waals surface area contributed by atoms with Gasteiger partial charge >= 0.3 is 0 Å². The Hall–Kier alpha value is -1.52. The van der Waals surface area contributed by atoms with E-state index >= 15 is 0 Å². The topological polar surface area (TPSA) is 47.3 Å². The molecule has 0 saturated carbocycles. The monoisotopic (exact) mass is 278 g/mol. The number of benzene rings is 1. The van der Waals surface area contributed by atoms with Gasteiger partial charge in [-0.3, -0.25) is 4.68 Å². The molecule has 0 radical (unpaired) electrons. The summed E-state index contributed by atoms with van der Waals surface area (Å²) in [5.74, 6) is 0.838. The maximum Gasteiger partial charge on any atom is 0.134 e. The molecule has 0 aliphatic carbocycles. The lowest BCUT2D eigenvalue weighted by molar-refractivity contribution is 0.0431. The number of aliphatic hydroxyl groups is 1. The Balaban J connectivity index is 1.87. The van der Waals surface area contributed by atoms with E-state index in [9.17, 15) is 5.11 Å². The molecule has 4 nitrogen and oxygen atoms in total. The summed E-state index contributed by atoms with van der Waals surface area (Å²) < 4.78 is 7.50. The molecule has 0 spiro atoms. The standard InChI is InChI=1S/C14H15ClN2O2/c1-2-17-13(10(15)8-16-17)14(18)12-7-9-5-3-4-6-11(9)19-12/h3-6,8,12,14,18H,2,7H2,1H3. The fourth-order valence-electron chi connectivity index (χ4n) is 2.48. The van der Waals surface area contributed by atoms with Gasteiger partial charge < -0.3 is 9.84 Å². The summed E-state index contributed by atoms with van der Waals surface area (Å²) in [6.45, 7) is 2.63. The van der Waals surface area contributed by atoms with Gasteiger partial charge in [0.2, 0.25) is 0 Å². The molecule has 0 saturated heterocycles. The van der Waals surface area contributed by atoms with Crippen LogP contribution in [0.3, 0.4) is 0 Å². The minimum Gasteiger partial charge on any atom is -0.487 e. The highest BCUT2D eigenvalue weighted by Crippen LogP contribution is 2.35. The molecular formula is C14H15ClN2O2. The van der Waals surface area contributed by atoms with Crippen LogP contribution in [0.25, 0.3) is 0 Å². The van der Waals surface area contributed by atoms with E-state index in [2.05, 4.69) is 5.10 Å². The van der Waals surface area contributed by atoms with Gasteiger partial charge in [0.25, 0.3) is 0 Å². The summed E-state index contributed by atoms with van der Waals surface area (Å²) in [4.78, 5) is 0. The number of hydrogen-bond acceptors (Lipinski definition) is 3. The lowest BCUT2D eigenvalue weighted by Crippen LogP contribution is -2.25. The summed E-state index contributed by atoms with van der Waals surface area (Å²) in [5.41, 5.74) is 1.74. The summed E-state index contributed by atoms with van der Waals surface area (Å²) in [7, 11) is 0. The number of ether oxygens (including phenoxy) is 1. The molecule has 3 rings (SSSR count). The Morgan fingerprint density at radius 1 is 1.53 bits per heavy atom. The first-order valence-electron chi connectivity index (χ1n) is 6.34. The van der Waals surface area contributed by atoms with E-state index in [0.717, 1.165) is 11.3 Å². The van der Waals surface area contributed by atoms with Gasteiger partial charge in [0.15, 0.2) is 0 Å². The Morgan fingerprint density at radius 2 is 2.32 bits per heavy atom. The molecule has 1 N–H and O–H groups in total. The number of aromatic nitrogens is 2. The average Bonchev–Trinajstić information content (AvgIpc) is 3.01. The maximum atomic E-state index is 10.5. The molecular weight excluding hydrogens is 264 g/mol. The predicted octanol–water partition coefficient (Wildman–Crippen LogP) is 2.59. The fourth-order valence-corrected chi connectivity index (χ4v) is 2.73. The van der Waals surface area contributed by atoms with Crippen LogP contribution in [0.15, 0.2) is 30.5 Å². The highest BCUT2D eigenvalue weighted by atomic mass is 35.5. The van der Waals surface area contributed by atoms with Crippen molar-refractivity contribution < 1.29 is 9.84 Å². The number of aryl methyl sites for hydroxylation is 1. The van der Waals surface area contributed by atoms with Crippen molar-refractivity contribution in [2.45, 2.75) is 32.1 Å². The zero-order valence-corrected chi connectivity index (χ0v) is 11.3. The quantitative estimate of drug-likeness (QED) is 0.939. The van der Waals surface area contributed by atoms with Crippen LogP contribution in [-0.4, -0.2) is 21.0 Å². The van der Waals surface area contributed by atoms with Crippen LogP contribution in [0.5, 0.6) is 5.75 Å². The second-order valence-corrected chi connectivity index (χ2v) is 5.01. The van der Waals surface area contributed by atoms with E-state index in [0.29, 0.717) is 23.7 Å². The third-order valence-corrected chi connectivity index (χ3v) is 3.73. The normalized spacial score (nSPS) is 19.0. The highest BCUT2D eigenvalue weighted by molar-refractivity contribution is 6.31. The van der Waals surface area contributed by atoms with E-state index in [1.165, 1.54) is 0 Å². The molecule has 100 valence electrons. The summed E-state index contributed by atoms with van der Waals surface area (Å²) >= 11 is 6.11. The summed E-state index contributed by atoms with van der Waals surface area (Å²) in [5, 5.41) is 15.1. The number of hydrogen-bond donors (Lipinski definition) is 1. The Bertz CT molecular complexity index is 572. The minimum absolute atomic E-state index is 0.308. The molecule has 2 unspecified atom stereocenters. The van der Waals surface area contributed by atoms with E-state index in [1.54, 1.807) is 10.9 Å². The highest BCUT2D eigenvalue weighted by Gasteiger charge is 2.33. The zero-order chi connectivity index (χ0) is 13.4. The van der Waals surface area contributed by atoms with E-state index in [4.69, 9.17) is 16.3 Å². The summed E-state index contributed by atoms with van der Waals surface area (Å²) in [6, 6.07) is 7.83. The van der Waals surface area contributed by atoms with Crippen molar-refractivity contribution in [3.8, 4) is 5.75 Å². The third-order valence-electron chi connectivity index (χ3n) is 3.44. The van der Waals surface area contributed by atoms with Gasteiger partial charge in [0.05, 0.1) is 16.9 Å². The average molecular weight is 279 g/mol. The zero-order valence-electron chi connectivity index (χ0n) is 10.6. The van der Waals surface area contributed by atoms with Gasteiger partial charge in [-0.25, -0.2) is 0 Å². The molecule has 0 amide bonds. The van der Waals surface area contributed by atoms with Crippen LogP contribution in [-0.2, 0) is 13.0 Å².